The van der Waals surface area contributed by atoms with Crippen LogP contribution in [0.4, 0.5) is 0 Å². The third-order valence-corrected chi connectivity index (χ3v) is 11.4. The van der Waals surface area contributed by atoms with Crippen LogP contribution >= 0.6 is 0 Å². The fourth-order valence-corrected chi connectivity index (χ4v) is 8.80. The van der Waals surface area contributed by atoms with Crippen molar-refractivity contribution >= 4 is 76.2 Å². The maximum atomic E-state index is 5.42. The highest BCUT2D eigenvalue weighted by Crippen LogP contribution is 2.41. The van der Waals surface area contributed by atoms with Crippen molar-refractivity contribution in [2.45, 2.75) is 0 Å². The summed E-state index contributed by atoms with van der Waals surface area (Å²) in [6.45, 7) is 0. The molecular formula is C52H32N4. The quantitative estimate of drug-likeness (QED) is 0.182. The Labute approximate surface area is 322 Å². The first-order valence-electron chi connectivity index (χ1n) is 19.1. The topological polar surface area (TPSA) is 35.6 Å². The van der Waals surface area contributed by atoms with Crippen molar-refractivity contribution in [1.82, 2.24) is 19.1 Å². The summed E-state index contributed by atoms with van der Waals surface area (Å²) in [6, 6.07) is 69.7. The van der Waals surface area contributed by atoms with E-state index >= 15 is 0 Å². The van der Waals surface area contributed by atoms with Gasteiger partial charge in [0.15, 0.2) is 5.82 Å². The highest BCUT2D eigenvalue weighted by molar-refractivity contribution is 6.15. The van der Waals surface area contributed by atoms with Crippen LogP contribution in [-0.2, 0) is 0 Å². The van der Waals surface area contributed by atoms with Crippen LogP contribution in [0.5, 0.6) is 0 Å². The molecule has 0 amide bonds. The zero-order valence-corrected chi connectivity index (χ0v) is 30.3. The van der Waals surface area contributed by atoms with E-state index in [9.17, 15) is 0 Å². The fraction of sp³-hybridized carbons (Fsp3) is 0. The lowest BCUT2D eigenvalue weighted by Gasteiger charge is -2.14. The first-order chi connectivity index (χ1) is 27.7. The van der Waals surface area contributed by atoms with Crippen molar-refractivity contribution in [2.24, 2.45) is 0 Å². The largest absolute Gasteiger partial charge is 0.309 e. The van der Waals surface area contributed by atoms with Gasteiger partial charge in [-0.3, -0.25) is 4.57 Å². The Bertz CT molecular complexity index is 3540. The molecule has 3 aromatic heterocycles. The van der Waals surface area contributed by atoms with Crippen LogP contribution in [0.1, 0.15) is 0 Å². The molecule has 56 heavy (non-hydrogen) atoms. The van der Waals surface area contributed by atoms with Gasteiger partial charge in [-0.1, -0.05) is 121 Å². The van der Waals surface area contributed by atoms with E-state index in [2.05, 4.69) is 191 Å². The molecule has 0 aliphatic carbocycles. The van der Waals surface area contributed by atoms with Crippen LogP contribution in [-0.4, -0.2) is 19.1 Å². The van der Waals surface area contributed by atoms with E-state index in [1.807, 2.05) is 12.1 Å². The van der Waals surface area contributed by atoms with Crippen molar-refractivity contribution in [1.29, 1.82) is 0 Å². The molecule has 0 fully saturated rings. The van der Waals surface area contributed by atoms with Crippen molar-refractivity contribution < 1.29 is 0 Å². The van der Waals surface area contributed by atoms with Gasteiger partial charge in [-0.2, -0.15) is 0 Å². The molecule has 12 aromatic rings. The third kappa shape index (κ3) is 4.66. The average Bonchev–Trinajstić information content (AvgIpc) is 3.76. The summed E-state index contributed by atoms with van der Waals surface area (Å²) in [5.41, 5.74) is 11.7. The van der Waals surface area contributed by atoms with Gasteiger partial charge in [0.05, 0.1) is 33.1 Å². The molecule has 0 saturated heterocycles. The summed E-state index contributed by atoms with van der Waals surface area (Å²) in [4.78, 5) is 10.8. The molecule has 0 N–H and O–H groups in total. The minimum atomic E-state index is 0.817. The number of nitrogens with zero attached hydrogens (tertiary/aromatic N) is 4. The molecule has 0 atom stereocenters. The predicted molar refractivity (Wildman–Crippen MR) is 234 cm³/mol. The third-order valence-electron chi connectivity index (χ3n) is 11.4. The molecule has 4 nitrogen and oxygen atoms in total. The molecule has 0 saturated carbocycles. The highest BCUT2D eigenvalue weighted by Gasteiger charge is 2.21. The molecule has 0 aliphatic heterocycles. The summed E-state index contributed by atoms with van der Waals surface area (Å²) in [5, 5.41) is 9.61. The second kappa shape index (κ2) is 12.0. The van der Waals surface area contributed by atoms with E-state index < -0.39 is 0 Å². The van der Waals surface area contributed by atoms with Crippen LogP contribution in [0, 0.1) is 0 Å². The van der Waals surface area contributed by atoms with Crippen molar-refractivity contribution in [3.8, 4) is 33.9 Å². The second-order valence-corrected chi connectivity index (χ2v) is 14.7. The molecule has 0 radical (unpaired) electrons. The molecule has 260 valence electrons. The lowest BCUT2D eigenvalue weighted by atomic mass is 10.00. The number of hydrogen-bond donors (Lipinski definition) is 0. The van der Waals surface area contributed by atoms with Gasteiger partial charge in [-0.05, 0) is 105 Å². The monoisotopic (exact) mass is 712 g/mol. The predicted octanol–water partition coefficient (Wildman–Crippen LogP) is 13.5. The van der Waals surface area contributed by atoms with Gasteiger partial charge in [-0.15, -0.1) is 0 Å². The maximum absolute atomic E-state index is 5.42. The van der Waals surface area contributed by atoms with Crippen LogP contribution in [0.3, 0.4) is 0 Å². The molecule has 9 aromatic carbocycles. The minimum absolute atomic E-state index is 0.817. The Morgan fingerprint density at radius 1 is 0.304 bits per heavy atom. The van der Waals surface area contributed by atoms with E-state index in [0.29, 0.717) is 0 Å². The Morgan fingerprint density at radius 2 is 0.839 bits per heavy atom. The van der Waals surface area contributed by atoms with Crippen LogP contribution in [0.15, 0.2) is 194 Å². The Kier molecular flexibility index (Phi) is 6.60. The summed E-state index contributed by atoms with van der Waals surface area (Å²) in [5.74, 6) is 0.817. The lowest BCUT2D eigenvalue weighted by Crippen LogP contribution is -2.03. The number of fused-ring (bicyclic) bond motifs is 9. The Balaban J connectivity index is 1.12. The summed E-state index contributed by atoms with van der Waals surface area (Å²) < 4.78 is 4.70. The highest BCUT2D eigenvalue weighted by atomic mass is 15.1. The molecular weight excluding hydrogens is 681 g/mol. The van der Waals surface area contributed by atoms with Crippen molar-refractivity contribution in [3.05, 3.63) is 194 Å². The smallest absolute Gasteiger partial charge is 0.165 e. The average molecular weight is 713 g/mol. The van der Waals surface area contributed by atoms with Crippen molar-refractivity contribution in [3.63, 3.8) is 0 Å². The summed E-state index contributed by atoms with van der Waals surface area (Å²) in [6.07, 6.45) is 0. The van der Waals surface area contributed by atoms with Gasteiger partial charge < -0.3 is 4.57 Å². The van der Waals surface area contributed by atoms with Gasteiger partial charge in [-0.25, -0.2) is 9.97 Å². The molecule has 0 bridgehead atoms. The first kappa shape index (κ1) is 30.9. The number of para-hydroxylation sites is 4. The second-order valence-electron chi connectivity index (χ2n) is 14.7. The number of benzene rings is 9. The lowest BCUT2D eigenvalue weighted by molar-refractivity contribution is 1.08. The normalized spacial score (nSPS) is 11.9. The number of aromatic nitrogens is 4. The fourth-order valence-electron chi connectivity index (χ4n) is 8.80. The van der Waals surface area contributed by atoms with Gasteiger partial charge >= 0.3 is 0 Å². The van der Waals surface area contributed by atoms with Crippen molar-refractivity contribution in [2.75, 3.05) is 0 Å². The van der Waals surface area contributed by atoms with Crippen LogP contribution in [0.2, 0.25) is 0 Å². The SMILES string of the molecule is c1ccc(-n2c3ccccc3c3cc(-c4ccc5c(c4)c4cc6ccccc6cc4n5-c4nc5ccccc5nc4-c4ccc5ccccc5c4)ccc32)cc1. The molecule has 0 aliphatic rings. The Hall–Kier alpha value is -7.56. The zero-order chi connectivity index (χ0) is 36.7. The Morgan fingerprint density at radius 3 is 1.61 bits per heavy atom. The molecule has 0 unspecified atom stereocenters. The van der Waals surface area contributed by atoms with Crippen LogP contribution < -0.4 is 0 Å². The molecule has 4 heteroatoms. The number of hydrogen-bond acceptors (Lipinski definition) is 2. The van der Waals surface area contributed by atoms with E-state index in [4.69, 9.17) is 9.97 Å². The zero-order valence-electron chi connectivity index (χ0n) is 30.3. The van der Waals surface area contributed by atoms with Crippen LogP contribution in [0.25, 0.3) is 110 Å². The van der Waals surface area contributed by atoms with Gasteiger partial charge in [0.2, 0.25) is 0 Å². The summed E-state index contributed by atoms with van der Waals surface area (Å²) in [7, 11) is 0. The molecule has 3 heterocycles. The van der Waals surface area contributed by atoms with Gasteiger partial charge in [0.25, 0.3) is 0 Å². The number of rotatable bonds is 4. The van der Waals surface area contributed by atoms with E-state index in [0.717, 1.165) is 44.8 Å². The van der Waals surface area contributed by atoms with Gasteiger partial charge in [0, 0.05) is 32.8 Å². The van der Waals surface area contributed by atoms with Gasteiger partial charge in [0.1, 0.15) is 5.69 Å². The van der Waals surface area contributed by atoms with E-state index in [-0.39, 0.29) is 0 Å². The molecule has 0 spiro atoms. The standard InChI is InChI=1S/C52H32N4/c1-2-16-40(17-3-1)55-47-21-11-8-18-41(47)42-30-37(24-26-48(42)55)38-25-27-49-43(31-38)44-29-35-14-6-7-15-36(35)32-50(44)56(49)52-51(53-45-19-9-10-20-46(45)54-52)39-23-22-33-12-4-5-13-34(33)28-39/h1-32H. The minimum Gasteiger partial charge on any atom is -0.309 e. The van der Waals surface area contributed by atoms with E-state index in [1.165, 1.54) is 65.3 Å². The molecule has 12 rings (SSSR count). The van der Waals surface area contributed by atoms with E-state index in [1.54, 1.807) is 0 Å². The first-order valence-corrected chi connectivity index (χ1v) is 19.1. The summed E-state index contributed by atoms with van der Waals surface area (Å²) >= 11 is 0. The maximum Gasteiger partial charge on any atom is 0.165 e.